The Morgan fingerprint density at radius 3 is 2.71 bits per heavy atom. The number of imidazole rings is 1. The first-order valence-corrected chi connectivity index (χ1v) is 10.2. The van der Waals surface area contributed by atoms with Gasteiger partial charge in [-0.05, 0) is 42.6 Å². The number of aromatic nitrogens is 2. The first kappa shape index (κ1) is 21.1. The Bertz CT molecular complexity index is 754. The third-order valence-electron chi connectivity index (χ3n) is 6.34. The van der Waals surface area contributed by atoms with E-state index in [1.54, 1.807) is 0 Å². The molecule has 1 N–H and O–H groups in total. The normalized spacial score (nSPS) is 23.8. The summed E-state index contributed by atoms with van der Waals surface area (Å²) in [6.07, 6.45) is 10.9. The number of hydrogen-bond donors (Lipinski definition) is 1. The molecule has 1 saturated carbocycles. The number of nitrogens with one attached hydrogen (secondary N) is 1. The molecule has 2 heterocycles. The van der Waals surface area contributed by atoms with Crippen LogP contribution in [0.4, 0.5) is 0 Å². The van der Waals surface area contributed by atoms with E-state index in [4.69, 9.17) is 0 Å². The number of benzene rings is 1. The maximum atomic E-state index is 4.60. The predicted octanol–water partition coefficient (Wildman–Crippen LogP) is 3.98. The molecule has 1 aliphatic carbocycles. The summed E-state index contributed by atoms with van der Waals surface area (Å²) >= 11 is 0. The van der Waals surface area contributed by atoms with Gasteiger partial charge in [0.1, 0.15) is 0 Å². The molecule has 5 nitrogen and oxygen atoms in total. The van der Waals surface area contributed by atoms with Gasteiger partial charge in [0.15, 0.2) is 5.96 Å². The van der Waals surface area contributed by atoms with Crippen LogP contribution >= 0.6 is 24.0 Å². The van der Waals surface area contributed by atoms with Crippen LogP contribution in [0.5, 0.6) is 0 Å². The van der Waals surface area contributed by atoms with Crippen molar-refractivity contribution in [3.05, 3.63) is 54.6 Å². The Morgan fingerprint density at radius 1 is 1.29 bits per heavy atom. The molecule has 28 heavy (non-hydrogen) atoms. The highest BCUT2D eigenvalue weighted by Gasteiger charge is 2.42. The zero-order chi connectivity index (χ0) is 18.7. The average molecular weight is 493 g/mol. The van der Waals surface area contributed by atoms with Gasteiger partial charge in [-0.2, -0.15) is 0 Å². The smallest absolute Gasteiger partial charge is 0.193 e. The van der Waals surface area contributed by atoms with E-state index in [2.05, 4.69) is 68.2 Å². The molecule has 4 rings (SSSR count). The predicted molar refractivity (Wildman–Crippen MR) is 125 cm³/mol. The van der Waals surface area contributed by atoms with Gasteiger partial charge in [0.05, 0.1) is 12.4 Å². The molecule has 0 radical (unpaired) electrons. The van der Waals surface area contributed by atoms with Crippen molar-refractivity contribution in [3.63, 3.8) is 0 Å². The molecule has 1 aromatic carbocycles. The maximum absolute atomic E-state index is 4.60. The fourth-order valence-corrected chi connectivity index (χ4v) is 4.32. The van der Waals surface area contributed by atoms with Gasteiger partial charge in [0.25, 0.3) is 0 Å². The summed E-state index contributed by atoms with van der Waals surface area (Å²) < 4.78 is 2.25. The van der Waals surface area contributed by atoms with Crippen LogP contribution in [-0.2, 0) is 6.42 Å². The van der Waals surface area contributed by atoms with Gasteiger partial charge in [-0.25, -0.2) is 4.98 Å². The summed E-state index contributed by atoms with van der Waals surface area (Å²) in [4.78, 5) is 11.3. The van der Waals surface area contributed by atoms with Crippen molar-refractivity contribution in [1.82, 2.24) is 19.8 Å². The summed E-state index contributed by atoms with van der Waals surface area (Å²) in [5.74, 6) is 1.70. The van der Waals surface area contributed by atoms with Crippen LogP contribution in [0.25, 0.3) is 0 Å². The van der Waals surface area contributed by atoms with Crippen LogP contribution in [0.3, 0.4) is 0 Å². The number of rotatable bonds is 5. The lowest BCUT2D eigenvalue weighted by Crippen LogP contribution is -2.50. The third-order valence-corrected chi connectivity index (χ3v) is 6.34. The van der Waals surface area contributed by atoms with Crippen LogP contribution in [0.2, 0.25) is 0 Å². The third kappa shape index (κ3) is 4.88. The minimum Gasteiger partial charge on any atom is -0.356 e. The molecule has 2 fully saturated rings. The van der Waals surface area contributed by atoms with E-state index in [0.29, 0.717) is 17.4 Å². The molecule has 1 aliphatic heterocycles. The molecule has 0 bridgehead atoms. The summed E-state index contributed by atoms with van der Waals surface area (Å²) in [6, 6.07) is 11.3. The molecule has 1 saturated heterocycles. The SMILES string of the molecule is CN=C(NCC1(Cc2ccccc2)CC1)N1CCC(C)C(n2ccnc2)C1.I. The van der Waals surface area contributed by atoms with E-state index in [1.807, 2.05) is 19.6 Å². The van der Waals surface area contributed by atoms with E-state index < -0.39 is 0 Å². The molecule has 1 aromatic heterocycles. The second-order valence-electron chi connectivity index (χ2n) is 8.35. The maximum Gasteiger partial charge on any atom is 0.193 e. The molecule has 2 aliphatic rings. The zero-order valence-corrected chi connectivity index (χ0v) is 19.3. The van der Waals surface area contributed by atoms with Gasteiger partial charge in [-0.1, -0.05) is 37.3 Å². The Balaban J connectivity index is 0.00000225. The lowest BCUT2D eigenvalue weighted by atomic mass is 9.93. The molecular formula is C22H32IN5. The fourth-order valence-electron chi connectivity index (χ4n) is 4.32. The van der Waals surface area contributed by atoms with Crippen molar-refractivity contribution in [3.8, 4) is 0 Å². The number of likely N-dealkylation sites (tertiary alicyclic amines) is 1. The van der Waals surface area contributed by atoms with Crippen LogP contribution in [0, 0.1) is 11.3 Å². The number of hydrogen-bond acceptors (Lipinski definition) is 2. The molecular weight excluding hydrogens is 461 g/mol. The van der Waals surface area contributed by atoms with Crippen molar-refractivity contribution in [2.75, 3.05) is 26.7 Å². The monoisotopic (exact) mass is 493 g/mol. The number of halogens is 1. The molecule has 2 unspecified atom stereocenters. The Labute approximate surface area is 185 Å². The minimum atomic E-state index is 0. The molecule has 0 amide bonds. The van der Waals surface area contributed by atoms with Gasteiger partial charge < -0.3 is 14.8 Å². The van der Waals surface area contributed by atoms with Crippen LogP contribution < -0.4 is 5.32 Å². The van der Waals surface area contributed by atoms with E-state index in [9.17, 15) is 0 Å². The van der Waals surface area contributed by atoms with Crippen LogP contribution in [0.15, 0.2) is 54.0 Å². The van der Waals surface area contributed by atoms with E-state index in [0.717, 1.165) is 32.0 Å². The summed E-state index contributed by atoms with van der Waals surface area (Å²) in [6.45, 7) is 5.41. The van der Waals surface area contributed by atoms with Crippen LogP contribution in [0.1, 0.15) is 37.8 Å². The second kappa shape index (κ2) is 9.29. The molecule has 0 spiro atoms. The first-order valence-electron chi connectivity index (χ1n) is 10.2. The molecule has 2 atom stereocenters. The number of nitrogens with zero attached hydrogens (tertiary/aromatic N) is 4. The quantitative estimate of drug-likeness (QED) is 0.390. The van der Waals surface area contributed by atoms with Gasteiger partial charge >= 0.3 is 0 Å². The Morgan fingerprint density at radius 2 is 2.07 bits per heavy atom. The Kier molecular flexibility index (Phi) is 7.01. The highest BCUT2D eigenvalue weighted by Crippen LogP contribution is 2.47. The fraction of sp³-hybridized carbons (Fsp3) is 0.545. The molecule has 6 heteroatoms. The van der Waals surface area contributed by atoms with Crippen molar-refractivity contribution in [2.24, 2.45) is 16.3 Å². The van der Waals surface area contributed by atoms with Gasteiger partial charge in [0, 0.05) is 39.1 Å². The lowest BCUT2D eigenvalue weighted by molar-refractivity contribution is 0.188. The largest absolute Gasteiger partial charge is 0.356 e. The molecule has 2 aromatic rings. The number of guanidine groups is 1. The van der Waals surface area contributed by atoms with Gasteiger partial charge in [-0.3, -0.25) is 4.99 Å². The number of piperidine rings is 1. The summed E-state index contributed by atoms with van der Waals surface area (Å²) in [5.41, 5.74) is 1.85. The Hall–Kier alpha value is -1.57. The topological polar surface area (TPSA) is 45.5 Å². The van der Waals surface area contributed by atoms with E-state index in [-0.39, 0.29) is 24.0 Å². The van der Waals surface area contributed by atoms with Crippen molar-refractivity contribution >= 4 is 29.9 Å². The van der Waals surface area contributed by atoms with Gasteiger partial charge in [-0.15, -0.1) is 24.0 Å². The van der Waals surface area contributed by atoms with E-state index in [1.165, 1.54) is 24.8 Å². The van der Waals surface area contributed by atoms with Crippen LogP contribution in [-0.4, -0.2) is 47.1 Å². The zero-order valence-electron chi connectivity index (χ0n) is 16.9. The lowest BCUT2D eigenvalue weighted by Gasteiger charge is -2.39. The van der Waals surface area contributed by atoms with Crippen molar-refractivity contribution < 1.29 is 0 Å². The highest BCUT2D eigenvalue weighted by molar-refractivity contribution is 14.0. The first-order chi connectivity index (χ1) is 13.2. The summed E-state index contributed by atoms with van der Waals surface area (Å²) in [7, 11) is 1.91. The molecule has 152 valence electrons. The summed E-state index contributed by atoms with van der Waals surface area (Å²) in [5, 5.41) is 3.69. The van der Waals surface area contributed by atoms with Crippen molar-refractivity contribution in [1.29, 1.82) is 0 Å². The average Bonchev–Trinajstić information content (AvgIpc) is 3.23. The van der Waals surface area contributed by atoms with Crippen molar-refractivity contribution in [2.45, 2.75) is 38.6 Å². The highest BCUT2D eigenvalue weighted by atomic mass is 127. The van der Waals surface area contributed by atoms with E-state index >= 15 is 0 Å². The minimum absolute atomic E-state index is 0. The standard InChI is InChI=1S/C22H31N5.HI/c1-18-8-12-26(15-20(18)27-13-11-24-17-27)21(23-2)25-16-22(9-10-22)14-19-6-4-3-5-7-19;/h3-7,11,13,17-18,20H,8-10,12,14-16H2,1-2H3,(H,23,25);1H. The number of aliphatic imine (C=N–C) groups is 1. The second-order valence-corrected chi connectivity index (χ2v) is 8.35. The van der Waals surface area contributed by atoms with Gasteiger partial charge in [0.2, 0.25) is 0 Å².